The summed E-state index contributed by atoms with van der Waals surface area (Å²) in [6, 6.07) is 37.0. The van der Waals surface area contributed by atoms with E-state index in [4.69, 9.17) is 15.0 Å². The lowest BCUT2D eigenvalue weighted by molar-refractivity contribution is 0.977. The second kappa shape index (κ2) is 11.8. The molecule has 10 rings (SSSR count). The molecule has 49 heavy (non-hydrogen) atoms. The Morgan fingerprint density at radius 3 is 2.18 bits per heavy atom. The number of nitrogens with zero attached hydrogens (tertiary/aromatic N) is 4. The molecular weight excluding hydrogens is 637 g/mol. The van der Waals surface area contributed by atoms with Crippen molar-refractivity contribution in [3.8, 4) is 28.5 Å². The van der Waals surface area contributed by atoms with Crippen molar-refractivity contribution in [2.24, 2.45) is 0 Å². The Labute approximate surface area is 293 Å². The maximum Gasteiger partial charge on any atom is 0.164 e. The van der Waals surface area contributed by atoms with Gasteiger partial charge in [0, 0.05) is 52.9 Å². The number of hydrogen-bond donors (Lipinski definition) is 0. The first-order valence-electron chi connectivity index (χ1n) is 16.8. The third-order valence-electron chi connectivity index (χ3n) is 9.64. The van der Waals surface area contributed by atoms with Crippen LogP contribution in [0.1, 0.15) is 25.1 Å². The summed E-state index contributed by atoms with van der Waals surface area (Å²) in [6.45, 7) is 0. The van der Waals surface area contributed by atoms with Gasteiger partial charge in [0.2, 0.25) is 0 Å². The molecule has 0 fully saturated rings. The second-order valence-corrected chi connectivity index (χ2v) is 15.0. The van der Waals surface area contributed by atoms with Gasteiger partial charge in [0.15, 0.2) is 17.5 Å². The van der Waals surface area contributed by atoms with E-state index in [0.29, 0.717) is 16.9 Å². The molecule has 6 heteroatoms. The first kappa shape index (κ1) is 28.8. The van der Waals surface area contributed by atoms with Gasteiger partial charge in [-0.1, -0.05) is 121 Å². The van der Waals surface area contributed by atoms with Crippen molar-refractivity contribution >= 4 is 61.7 Å². The van der Waals surface area contributed by atoms with Gasteiger partial charge in [0.25, 0.3) is 0 Å². The topological polar surface area (TPSA) is 43.6 Å². The van der Waals surface area contributed by atoms with E-state index in [9.17, 15) is 0 Å². The molecule has 2 aliphatic carbocycles. The van der Waals surface area contributed by atoms with Gasteiger partial charge in [-0.2, -0.15) is 0 Å². The number of fused-ring (bicyclic) bond motifs is 8. The van der Waals surface area contributed by atoms with Crippen LogP contribution in [0.3, 0.4) is 0 Å². The van der Waals surface area contributed by atoms with Crippen LogP contribution in [0.4, 0.5) is 0 Å². The summed E-state index contributed by atoms with van der Waals surface area (Å²) in [5.74, 6) is 2.13. The van der Waals surface area contributed by atoms with Gasteiger partial charge in [-0.15, -0.1) is 11.8 Å². The number of hydrogen-bond acceptors (Lipinski definition) is 5. The van der Waals surface area contributed by atoms with Crippen molar-refractivity contribution in [2.45, 2.75) is 34.3 Å². The normalized spacial score (nSPS) is 16.9. The van der Waals surface area contributed by atoms with Gasteiger partial charge in [0.05, 0.1) is 11.0 Å². The molecule has 5 aromatic carbocycles. The minimum absolute atomic E-state index is 0.449. The van der Waals surface area contributed by atoms with Crippen molar-refractivity contribution in [3.63, 3.8) is 0 Å². The molecular formula is C43H30N4S2. The van der Waals surface area contributed by atoms with Crippen molar-refractivity contribution < 1.29 is 0 Å². The van der Waals surface area contributed by atoms with E-state index in [0.717, 1.165) is 47.5 Å². The number of aromatic nitrogens is 4. The Morgan fingerprint density at radius 1 is 0.612 bits per heavy atom. The van der Waals surface area contributed by atoms with Gasteiger partial charge in [0.1, 0.15) is 0 Å². The maximum absolute atomic E-state index is 5.03. The zero-order valence-electron chi connectivity index (χ0n) is 26.6. The average Bonchev–Trinajstić information content (AvgIpc) is 3.53. The summed E-state index contributed by atoms with van der Waals surface area (Å²) in [5.41, 5.74) is 6.76. The van der Waals surface area contributed by atoms with Crippen LogP contribution < -0.4 is 0 Å². The highest BCUT2D eigenvalue weighted by atomic mass is 32.2. The highest BCUT2D eigenvalue weighted by Gasteiger charge is 2.29. The predicted molar refractivity (Wildman–Crippen MR) is 206 cm³/mol. The Balaban J connectivity index is 1.17. The van der Waals surface area contributed by atoms with Crippen LogP contribution in [-0.2, 0) is 0 Å². The van der Waals surface area contributed by atoms with Crippen LogP contribution >= 0.6 is 23.5 Å². The summed E-state index contributed by atoms with van der Waals surface area (Å²) in [6.07, 6.45) is 16.2. The molecule has 0 saturated carbocycles. The van der Waals surface area contributed by atoms with Crippen molar-refractivity contribution in [1.29, 1.82) is 0 Å². The molecule has 0 radical (unpaired) electrons. The summed E-state index contributed by atoms with van der Waals surface area (Å²) in [4.78, 5) is 19.1. The van der Waals surface area contributed by atoms with E-state index in [-0.39, 0.29) is 0 Å². The molecule has 7 aromatic rings. The second-order valence-electron chi connectivity index (χ2n) is 12.6. The third kappa shape index (κ3) is 4.89. The summed E-state index contributed by atoms with van der Waals surface area (Å²) < 4.78 is 2.50. The molecule has 0 bridgehead atoms. The molecule has 0 saturated heterocycles. The molecule has 1 atom stereocenters. The molecule has 1 aliphatic heterocycles. The van der Waals surface area contributed by atoms with Crippen molar-refractivity contribution in [2.75, 3.05) is 0 Å². The zero-order valence-corrected chi connectivity index (χ0v) is 28.2. The van der Waals surface area contributed by atoms with Crippen LogP contribution in [0, 0.1) is 0 Å². The van der Waals surface area contributed by atoms with Crippen molar-refractivity contribution in [1.82, 2.24) is 19.5 Å². The lowest BCUT2D eigenvalue weighted by Crippen LogP contribution is -2.10. The highest BCUT2D eigenvalue weighted by Crippen LogP contribution is 2.53. The standard InChI is InChI=1S/C43H30N4S2/c1-3-12-28(13-4-1)41-44-42(29-14-5-2-6-15-29)46-43(45-41)30-19-22-31(23-20-30)47-38-32-16-8-7-11-27(32)21-24-33(38)34-25-26-37-40(39(34)47)49-36-18-10-9-17-35(36)48-37/h1-5,7-14,16-17,19-26,36H,6,15,18H2. The van der Waals surface area contributed by atoms with E-state index in [1.807, 2.05) is 41.7 Å². The van der Waals surface area contributed by atoms with Gasteiger partial charge in [-0.25, -0.2) is 15.0 Å². The average molecular weight is 667 g/mol. The van der Waals surface area contributed by atoms with Crippen LogP contribution in [0.2, 0.25) is 0 Å². The van der Waals surface area contributed by atoms with Gasteiger partial charge < -0.3 is 4.57 Å². The van der Waals surface area contributed by atoms with Crippen LogP contribution in [0.25, 0.3) is 66.6 Å². The summed E-state index contributed by atoms with van der Waals surface area (Å²) >= 11 is 3.95. The molecule has 0 amide bonds. The Morgan fingerprint density at radius 2 is 1.35 bits per heavy atom. The molecule has 4 nitrogen and oxygen atoms in total. The van der Waals surface area contributed by atoms with Gasteiger partial charge in [-0.3, -0.25) is 0 Å². The van der Waals surface area contributed by atoms with E-state index < -0.39 is 0 Å². The van der Waals surface area contributed by atoms with Crippen molar-refractivity contribution in [3.05, 3.63) is 150 Å². The fourth-order valence-electron chi connectivity index (χ4n) is 7.25. The zero-order chi connectivity index (χ0) is 32.3. The third-order valence-corrected chi connectivity index (χ3v) is 12.5. The minimum atomic E-state index is 0.449. The largest absolute Gasteiger partial charge is 0.307 e. The first-order chi connectivity index (χ1) is 24.3. The first-order valence-corrected chi connectivity index (χ1v) is 18.5. The maximum atomic E-state index is 5.03. The Hall–Kier alpha value is -5.17. The lowest BCUT2D eigenvalue weighted by Gasteiger charge is -2.28. The molecule has 0 N–H and O–H groups in total. The molecule has 1 unspecified atom stereocenters. The molecule has 3 aliphatic rings. The van der Waals surface area contributed by atoms with Crippen LogP contribution in [0.15, 0.2) is 154 Å². The SMILES string of the molecule is C1=CCCC(c2nc(-c3ccccc3)nc(-c3ccc(-n4c5c6c(ccc5c5ccc7ccccc7c54)SC4=CC=CCC4S6)cc3)n2)=C1. The minimum Gasteiger partial charge on any atom is -0.307 e. The van der Waals surface area contributed by atoms with Crippen LogP contribution in [0.5, 0.6) is 0 Å². The number of thioether (sulfide) groups is 2. The number of benzene rings is 5. The Kier molecular flexibility index (Phi) is 6.91. The number of allylic oxidation sites excluding steroid dienone is 7. The predicted octanol–water partition coefficient (Wildman–Crippen LogP) is 11.6. The van der Waals surface area contributed by atoms with E-state index in [1.165, 1.54) is 47.3 Å². The lowest BCUT2D eigenvalue weighted by atomic mass is 10.0. The summed E-state index contributed by atoms with van der Waals surface area (Å²) in [5, 5.41) is 5.52. The Bertz CT molecular complexity index is 2580. The van der Waals surface area contributed by atoms with E-state index in [2.05, 4.69) is 126 Å². The van der Waals surface area contributed by atoms with E-state index >= 15 is 0 Å². The molecule has 0 spiro atoms. The summed E-state index contributed by atoms with van der Waals surface area (Å²) in [7, 11) is 0. The van der Waals surface area contributed by atoms with Crippen LogP contribution in [-0.4, -0.2) is 24.8 Å². The quantitative estimate of drug-likeness (QED) is 0.187. The fourth-order valence-corrected chi connectivity index (χ4v) is 9.94. The van der Waals surface area contributed by atoms with E-state index in [1.54, 1.807) is 0 Å². The molecule has 2 aromatic heterocycles. The highest BCUT2D eigenvalue weighted by molar-refractivity contribution is 8.09. The molecule has 234 valence electrons. The van der Waals surface area contributed by atoms with Gasteiger partial charge >= 0.3 is 0 Å². The monoisotopic (exact) mass is 666 g/mol. The fraction of sp³-hybridized carbons (Fsp3) is 0.0930. The smallest absolute Gasteiger partial charge is 0.164 e. The molecule has 3 heterocycles. The van der Waals surface area contributed by atoms with Gasteiger partial charge in [-0.05, 0) is 60.6 Å². The number of rotatable bonds is 4.